The molecule has 0 aromatic heterocycles. The molecule has 0 amide bonds. The average Bonchev–Trinajstić information content (AvgIpc) is 3.29. The van der Waals surface area contributed by atoms with Crippen molar-refractivity contribution in [2.45, 2.75) is 235 Å². The lowest BCUT2D eigenvalue weighted by molar-refractivity contribution is -0.332. The summed E-state index contributed by atoms with van der Waals surface area (Å²) >= 11 is 0. The van der Waals surface area contributed by atoms with Gasteiger partial charge in [0.15, 0.2) is 18.7 Å². The molecule has 2 fully saturated rings. The second-order valence-electron chi connectivity index (χ2n) is 17.3. The molecule has 2 saturated heterocycles. The van der Waals surface area contributed by atoms with Gasteiger partial charge in [0.05, 0.1) is 19.8 Å². The molecule has 2 aliphatic rings. The molecule has 7 N–H and O–H groups in total. The molecular weight excluding hydrogens is 829 g/mol. The number of hydrogen-bond donors (Lipinski definition) is 7. The minimum absolute atomic E-state index is 0.0998. The van der Waals surface area contributed by atoms with E-state index >= 15 is 0 Å². The minimum atomic E-state index is -1.77. The molecular formula is C49H86O15. The van der Waals surface area contributed by atoms with Crippen LogP contribution in [-0.2, 0) is 38.0 Å². The SMILES string of the molecule is CCCC/C=C/CCCCCCCC(=O)OC[C@H](CO[C@H]1O[C@@H](CO[C@H]2O[C@@H](CO)[C@@H](O)C(O)C2O)[C@@H](O)C(O)C1O)OC(=O)CCC/C=C/C/C=C/CCCCCCCCCCC. The highest BCUT2D eigenvalue weighted by atomic mass is 16.7. The summed E-state index contributed by atoms with van der Waals surface area (Å²) in [5, 5.41) is 71.9. The van der Waals surface area contributed by atoms with Crippen LogP contribution in [0.3, 0.4) is 0 Å². The molecule has 0 spiro atoms. The highest BCUT2D eigenvalue weighted by molar-refractivity contribution is 5.70. The van der Waals surface area contributed by atoms with Crippen LogP contribution >= 0.6 is 0 Å². The van der Waals surface area contributed by atoms with Gasteiger partial charge in [0.2, 0.25) is 0 Å². The summed E-state index contributed by atoms with van der Waals surface area (Å²) in [4.78, 5) is 25.6. The van der Waals surface area contributed by atoms with E-state index in [1.807, 2.05) is 6.08 Å². The zero-order valence-corrected chi connectivity index (χ0v) is 39.0. The monoisotopic (exact) mass is 915 g/mol. The fourth-order valence-corrected chi connectivity index (χ4v) is 7.47. The summed E-state index contributed by atoms with van der Waals surface area (Å²) < 4.78 is 33.4. The van der Waals surface area contributed by atoms with Crippen molar-refractivity contribution in [3.63, 3.8) is 0 Å². The topological polar surface area (TPSA) is 231 Å². The van der Waals surface area contributed by atoms with Crippen molar-refractivity contribution in [1.29, 1.82) is 0 Å². The standard InChI is InChI=1S/C49H86O15/c1-3-5-7-9-11-13-15-16-17-18-19-20-22-24-26-28-30-32-41(52)62-37(34-59-40(51)31-29-27-25-23-21-14-12-10-8-6-4-2)35-60-48-47(58)45(56)43(54)39(64-48)36-61-49-46(57)44(55)42(53)38(33-50)63-49/h10,12,19-20,24,26,37-39,42-50,53-58H,3-9,11,13-18,21-23,25,27-36H2,1-2H3/b12-10+,20-19+,26-24+/t37-,38+,39+,42-,43-,44?,45?,46?,47?,48+,49+/m1/s1. The first-order valence-corrected chi connectivity index (χ1v) is 24.6. The molecule has 15 heteroatoms. The van der Waals surface area contributed by atoms with Gasteiger partial charge in [0, 0.05) is 12.8 Å². The van der Waals surface area contributed by atoms with Gasteiger partial charge in [-0.15, -0.1) is 0 Å². The van der Waals surface area contributed by atoms with Gasteiger partial charge in [0.1, 0.15) is 55.4 Å². The van der Waals surface area contributed by atoms with Crippen LogP contribution < -0.4 is 0 Å². The zero-order chi connectivity index (χ0) is 46.8. The van der Waals surface area contributed by atoms with E-state index in [1.54, 1.807) is 0 Å². The summed E-state index contributed by atoms with van der Waals surface area (Å²) in [6, 6.07) is 0. The van der Waals surface area contributed by atoms with Crippen molar-refractivity contribution in [3.05, 3.63) is 36.5 Å². The minimum Gasteiger partial charge on any atom is -0.462 e. The van der Waals surface area contributed by atoms with Crippen molar-refractivity contribution in [2.75, 3.05) is 26.4 Å². The van der Waals surface area contributed by atoms with Crippen LogP contribution in [0.5, 0.6) is 0 Å². The molecule has 0 bridgehead atoms. The lowest BCUT2D eigenvalue weighted by atomic mass is 9.98. The maximum atomic E-state index is 12.9. The second-order valence-corrected chi connectivity index (χ2v) is 17.3. The van der Waals surface area contributed by atoms with Gasteiger partial charge in [-0.3, -0.25) is 9.59 Å². The summed E-state index contributed by atoms with van der Waals surface area (Å²) in [6.07, 6.45) is 20.5. The van der Waals surface area contributed by atoms with Crippen LogP contribution in [-0.4, -0.2) is 142 Å². The Morgan fingerprint density at radius 3 is 1.56 bits per heavy atom. The third-order valence-electron chi connectivity index (χ3n) is 11.6. The van der Waals surface area contributed by atoms with E-state index in [4.69, 9.17) is 28.4 Å². The first kappa shape index (κ1) is 57.8. The second kappa shape index (κ2) is 36.8. The van der Waals surface area contributed by atoms with Gasteiger partial charge in [0.25, 0.3) is 0 Å². The Morgan fingerprint density at radius 1 is 0.500 bits per heavy atom. The Kier molecular flexibility index (Phi) is 33.3. The van der Waals surface area contributed by atoms with Crippen LogP contribution in [0, 0.1) is 0 Å². The Balaban J connectivity index is 1.85. The number of hydrogen-bond acceptors (Lipinski definition) is 15. The molecule has 0 saturated carbocycles. The molecule has 372 valence electrons. The van der Waals surface area contributed by atoms with E-state index in [-0.39, 0.29) is 19.4 Å². The molecule has 0 aromatic carbocycles. The van der Waals surface area contributed by atoms with Crippen molar-refractivity contribution < 1.29 is 73.8 Å². The van der Waals surface area contributed by atoms with E-state index in [1.165, 1.54) is 70.6 Å². The Morgan fingerprint density at radius 2 is 0.969 bits per heavy atom. The number of rotatable bonds is 37. The third-order valence-corrected chi connectivity index (χ3v) is 11.6. The molecule has 64 heavy (non-hydrogen) atoms. The first-order chi connectivity index (χ1) is 31.0. The summed E-state index contributed by atoms with van der Waals surface area (Å²) in [5.41, 5.74) is 0. The Labute approximate surface area is 383 Å². The largest absolute Gasteiger partial charge is 0.462 e. The Hall–Kier alpha value is -2.28. The summed E-state index contributed by atoms with van der Waals surface area (Å²) in [5.74, 6) is -0.990. The number of carbonyl (C=O) groups is 2. The zero-order valence-electron chi connectivity index (χ0n) is 39.0. The molecule has 2 rings (SSSR count). The van der Waals surface area contributed by atoms with Gasteiger partial charge in [-0.2, -0.15) is 0 Å². The van der Waals surface area contributed by atoms with Crippen LogP contribution in [0.15, 0.2) is 36.5 Å². The number of allylic oxidation sites excluding steroid dienone is 6. The maximum absolute atomic E-state index is 12.9. The van der Waals surface area contributed by atoms with Gasteiger partial charge in [-0.1, -0.05) is 134 Å². The highest BCUT2D eigenvalue weighted by Gasteiger charge is 2.47. The van der Waals surface area contributed by atoms with Crippen molar-refractivity contribution in [2.24, 2.45) is 0 Å². The smallest absolute Gasteiger partial charge is 0.306 e. The average molecular weight is 915 g/mol. The van der Waals surface area contributed by atoms with Crippen LogP contribution in [0.4, 0.5) is 0 Å². The molecule has 2 heterocycles. The van der Waals surface area contributed by atoms with E-state index in [9.17, 15) is 45.3 Å². The number of carbonyl (C=O) groups excluding carboxylic acids is 2. The van der Waals surface area contributed by atoms with E-state index < -0.39 is 99.3 Å². The number of ether oxygens (including phenoxy) is 6. The number of esters is 2. The first-order valence-electron chi connectivity index (χ1n) is 24.6. The molecule has 0 aromatic rings. The predicted molar refractivity (Wildman–Crippen MR) is 243 cm³/mol. The van der Waals surface area contributed by atoms with Gasteiger partial charge in [-0.25, -0.2) is 0 Å². The van der Waals surface area contributed by atoms with Gasteiger partial charge in [-0.05, 0) is 57.8 Å². The van der Waals surface area contributed by atoms with Crippen LogP contribution in [0.1, 0.15) is 168 Å². The number of aliphatic hydroxyl groups excluding tert-OH is 7. The quantitative estimate of drug-likeness (QED) is 0.0211. The summed E-state index contributed by atoms with van der Waals surface area (Å²) in [6.45, 7) is 2.48. The van der Waals surface area contributed by atoms with Crippen molar-refractivity contribution in [3.8, 4) is 0 Å². The Bertz CT molecular complexity index is 1260. The lowest BCUT2D eigenvalue weighted by Gasteiger charge is -2.42. The molecule has 2 aliphatic heterocycles. The van der Waals surface area contributed by atoms with Crippen LogP contribution in [0.25, 0.3) is 0 Å². The summed E-state index contributed by atoms with van der Waals surface area (Å²) in [7, 11) is 0. The normalized spacial score (nSPS) is 26.9. The van der Waals surface area contributed by atoms with Crippen LogP contribution in [0.2, 0.25) is 0 Å². The van der Waals surface area contributed by atoms with Crippen molar-refractivity contribution in [1.82, 2.24) is 0 Å². The predicted octanol–water partition coefficient (Wildman–Crippen LogP) is 6.15. The molecule has 11 atom stereocenters. The number of unbranched alkanes of at least 4 members (excludes halogenated alkanes) is 17. The lowest BCUT2D eigenvalue weighted by Crippen LogP contribution is -2.61. The third kappa shape index (κ3) is 25.0. The fourth-order valence-electron chi connectivity index (χ4n) is 7.47. The van der Waals surface area contributed by atoms with Crippen molar-refractivity contribution >= 4 is 11.9 Å². The van der Waals surface area contributed by atoms with E-state index in [0.29, 0.717) is 19.3 Å². The molecule has 15 nitrogen and oxygen atoms in total. The van der Waals surface area contributed by atoms with Gasteiger partial charge < -0.3 is 64.2 Å². The molecule has 0 radical (unpaired) electrons. The van der Waals surface area contributed by atoms with Gasteiger partial charge >= 0.3 is 11.9 Å². The molecule has 4 unspecified atom stereocenters. The highest BCUT2D eigenvalue weighted by Crippen LogP contribution is 2.26. The number of aliphatic hydroxyl groups is 7. The van der Waals surface area contributed by atoms with E-state index in [0.717, 1.165) is 51.4 Å². The van der Waals surface area contributed by atoms with E-state index in [2.05, 4.69) is 44.2 Å². The maximum Gasteiger partial charge on any atom is 0.306 e. The molecule has 0 aliphatic carbocycles. The fraction of sp³-hybridized carbons (Fsp3) is 0.837.